The molecule has 0 atom stereocenters. The van der Waals surface area contributed by atoms with E-state index in [0.29, 0.717) is 28.3 Å². The predicted molar refractivity (Wildman–Crippen MR) is 106 cm³/mol. The molecule has 0 radical (unpaired) electrons. The third kappa shape index (κ3) is 5.21. The van der Waals surface area contributed by atoms with Crippen LogP contribution in [-0.4, -0.2) is 38.0 Å². The molecule has 1 amide bonds. The topological polar surface area (TPSA) is 115 Å². The van der Waals surface area contributed by atoms with Crippen LogP contribution in [-0.2, 0) is 22.7 Å². The summed E-state index contributed by atoms with van der Waals surface area (Å²) in [7, 11) is 4.54. The molecule has 152 valence electrons. The first kappa shape index (κ1) is 21.7. The van der Waals surface area contributed by atoms with Crippen LogP contribution in [0.4, 0.5) is 0 Å². The van der Waals surface area contributed by atoms with Gasteiger partial charge < -0.3 is 18.8 Å². The Morgan fingerprint density at radius 2 is 2.03 bits per heavy atom. The van der Waals surface area contributed by atoms with Gasteiger partial charge in [0, 0.05) is 23.9 Å². The molecule has 0 aliphatic carbocycles. The Kier molecular flexibility index (Phi) is 7.51. The minimum absolute atomic E-state index is 0.0464. The standard InChI is InChI=1S/C20H22N4O5/c1-13-7-15(12-27-2)17(9-21)20(26)24(13)11-19(25)23-22-10-14-8-16(28-3)5-6-18(14)29-4/h5-8,10H,11-12H2,1-4H3,(H,23,25). The van der Waals surface area contributed by atoms with Crippen molar-refractivity contribution in [2.24, 2.45) is 5.10 Å². The average molecular weight is 398 g/mol. The third-order valence-electron chi connectivity index (χ3n) is 4.13. The van der Waals surface area contributed by atoms with Crippen LogP contribution in [0.5, 0.6) is 11.5 Å². The Bertz CT molecular complexity index is 1020. The van der Waals surface area contributed by atoms with Gasteiger partial charge in [0.05, 0.1) is 27.0 Å². The van der Waals surface area contributed by atoms with Crippen molar-refractivity contribution < 1.29 is 19.0 Å². The Morgan fingerprint density at radius 1 is 1.28 bits per heavy atom. The lowest BCUT2D eigenvalue weighted by molar-refractivity contribution is -0.121. The maximum absolute atomic E-state index is 12.5. The van der Waals surface area contributed by atoms with Crippen LogP contribution in [0.2, 0.25) is 0 Å². The van der Waals surface area contributed by atoms with Gasteiger partial charge in [-0.15, -0.1) is 0 Å². The summed E-state index contributed by atoms with van der Waals surface area (Å²) in [5, 5.41) is 13.2. The highest BCUT2D eigenvalue weighted by atomic mass is 16.5. The lowest BCUT2D eigenvalue weighted by Crippen LogP contribution is -2.33. The van der Waals surface area contributed by atoms with Crippen molar-refractivity contribution in [2.75, 3.05) is 21.3 Å². The highest BCUT2D eigenvalue weighted by Gasteiger charge is 2.14. The number of nitriles is 1. The zero-order valence-corrected chi connectivity index (χ0v) is 16.7. The quantitative estimate of drug-likeness (QED) is 0.530. The SMILES string of the molecule is COCc1cc(C)n(CC(=O)NN=Cc2cc(OC)ccc2OC)c(=O)c1C#N. The molecule has 9 nitrogen and oxygen atoms in total. The van der Waals surface area contributed by atoms with Gasteiger partial charge in [0.25, 0.3) is 11.5 Å². The molecule has 1 heterocycles. The van der Waals surface area contributed by atoms with E-state index in [0.717, 1.165) is 0 Å². The number of nitrogens with zero attached hydrogens (tertiary/aromatic N) is 3. The summed E-state index contributed by atoms with van der Waals surface area (Å²) in [5.74, 6) is 0.654. The number of amides is 1. The van der Waals surface area contributed by atoms with Gasteiger partial charge in [-0.05, 0) is 31.2 Å². The molecule has 0 saturated heterocycles. The highest BCUT2D eigenvalue weighted by molar-refractivity contribution is 5.85. The molecule has 0 fully saturated rings. The number of benzene rings is 1. The second kappa shape index (κ2) is 10.1. The van der Waals surface area contributed by atoms with Gasteiger partial charge >= 0.3 is 0 Å². The normalized spacial score (nSPS) is 10.6. The fraction of sp³-hybridized carbons (Fsp3) is 0.300. The largest absolute Gasteiger partial charge is 0.497 e. The second-order valence-electron chi connectivity index (χ2n) is 6.02. The number of rotatable bonds is 8. The van der Waals surface area contributed by atoms with Gasteiger partial charge in [0.2, 0.25) is 0 Å². The molecule has 0 saturated carbocycles. The molecule has 0 spiro atoms. The van der Waals surface area contributed by atoms with Crippen molar-refractivity contribution in [2.45, 2.75) is 20.1 Å². The van der Waals surface area contributed by atoms with Crippen LogP contribution >= 0.6 is 0 Å². The number of carbonyl (C=O) groups excluding carboxylic acids is 1. The number of methoxy groups -OCH3 is 3. The van der Waals surface area contributed by atoms with Gasteiger partial charge in [-0.2, -0.15) is 10.4 Å². The summed E-state index contributed by atoms with van der Waals surface area (Å²) in [6, 6.07) is 8.69. The summed E-state index contributed by atoms with van der Waals surface area (Å²) >= 11 is 0. The van der Waals surface area contributed by atoms with E-state index < -0.39 is 11.5 Å². The molecular weight excluding hydrogens is 376 g/mol. The van der Waals surface area contributed by atoms with Gasteiger partial charge in [-0.25, -0.2) is 5.43 Å². The number of carbonyl (C=O) groups is 1. The van der Waals surface area contributed by atoms with Crippen molar-refractivity contribution in [3.63, 3.8) is 0 Å². The van der Waals surface area contributed by atoms with Gasteiger partial charge in [-0.3, -0.25) is 9.59 Å². The van der Waals surface area contributed by atoms with Gasteiger partial charge in [-0.1, -0.05) is 0 Å². The zero-order valence-electron chi connectivity index (χ0n) is 16.7. The smallest absolute Gasteiger partial charge is 0.269 e. The van der Waals surface area contributed by atoms with Crippen LogP contribution in [0.15, 0.2) is 34.2 Å². The minimum atomic E-state index is -0.548. The molecule has 2 rings (SSSR count). The summed E-state index contributed by atoms with van der Waals surface area (Å²) in [5.41, 5.74) is 3.40. The van der Waals surface area contributed by atoms with Crippen molar-refractivity contribution in [3.05, 3.63) is 57.0 Å². The highest BCUT2D eigenvalue weighted by Crippen LogP contribution is 2.22. The van der Waals surface area contributed by atoms with E-state index in [9.17, 15) is 14.9 Å². The number of ether oxygens (including phenoxy) is 3. The van der Waals surface area contributed by atoms with Gasteiger partial charge in [0.1, 0.15) is 29.7 Å². The van der Waals surface area contributed by atoms with E-state index in [4.69, 9.17) is 14.2 Å². The van der Waals surface area contributed by atoms with Crippen molar-refractivity contribution in [1.29, 1.82) is 5.26 Å². The van der Waals surface area contributed by atoms with E-state index in [-0.39, 0.29) is 18.7 Å². The summed E-state index contributed by atoms with van der Waals surface area (Å²) < 4.78 is 16.6. The van der Waals surface area contributed by atoms with E-state index in [1.54, 1.807) is 31.2 Å². The van der Waals surface area contributed by atoms with Crippen molar-refractivity contribution >= 4 is 12.1 Å². The second-order valence-corrected chi connectivity index (χ2v) is 6.02. The number of hydrazone groups is 1. The predicted octanol–water partition coefficient (Wildman–Crippen LogP) is 1.34. The maximum atomic E-state index is 12.5. The molecule has 1 aromatic carbocycles. The molecule has 2 aromatic rings. The molecule has 1 aromatic heterocycles. The van der Waals surface area contributed by atoms with Crippen molar-refractivity contribution in [3.8, 4) is 17.6 Å². The molecule has 0 aliphatic rings. The Morgan fingerprint density at radius 3 is 2.66 bits per heavy atom. The van der Waals surface area contributed by atoms with E-state index in [1.165, 1.54) is 32.1 Å². The van der Waals surface area contributed by atoms with Crippen LogP contribution in [0.25, 0.3) is 0 Å². The lowest BCUT2D eigenvalue weighted by atomic mass is 10.1. The number of nitrogens with one attached hydrogen (secondary N) is 1. The van der Waals surface area contributed by atoms with Crippen LogP contribution in [0.3, 0.4) is 0 Å². The van der Waals surface area contributed by atoms with E-state index in [2.05, 4.69) is 10.5 Å². The Hall–Kier alpha value is -3.64. The molecular formula is C20H22N4O5. The number of hydrogen-bond donors (Lipinski definition) is 1. The maximum Gasteiger partial charge on any atom is 0.269 e. The summed E-state index contributed by atoms with van der Waals surface area (Å²) in [6.07, 6.45) is 1.41. The number of aromatic nitrogens is 1. The first-order valence-electron chi connectivity index (χ1n) is 8.61. The fourth-order valence-electron chi connectivity index (χ4n) is 2.71. The zero-order chi connectivity index (χ0) is 21.4. The Labute approximate surface area is 168 Å². The molecule has 0 unspecified atom stereocenters. The lowest BCUT2D eigenvalue weighted by Gasteiger charge is -2.12. The summed E-state index contributed by atoms with van der Waals surface area (Å²) in [4.78, 5) is 24.8. The average Bonchev–Trinajstić information content (AvgIpc) is 2.71. The Balaban J connectivity index is 2.17. The van der Waals surface area contributed by atoms with Crippen LogP contribution in [0.1, 0.15) is 22.4 Å². The number of hydrogen-bond acceptors (Lipinski definition) is 7. The first-order chi connectivity index (χ1) is 13.9. The van der Waals surface area contributed by atoms with Crippen LogP contribution in [0, 0.1) is 18.3 Å². The van der Waals surface area contributed by atoms with Crippen LogP contribution < -0.4 is 20.5 Å². The monoisotopic (exact) mass is 398 g/mol. The molecule has 9 heteroatoms. The molecule has 1 N–H and O–H groups in total. The fourth-order valence-corrected chi connectivity index (χ4v) is 2.71. The molecule has 0 aliphatic heterocycles. The van der Waals surface area contributed by atoms with Gasteiger partial charge in [0.15, 0.2) is 0 Å². The minimum Gasteiger partial charge on any atom is -0.497 e. The van der Waals surface area contributed by atoms with E-state index >= 15 is 0 Å². The van der Waals surface area contributed by atoms with Crippen molar-refractivity contribution in [1.82, 2.24) is 9.99 Å². The summed E-state index contributed by atoms with van der Waals surface area (Å²) in [6.45, 7) is 1.54. The number of aryl methyl sites for hydroxylation is 1. The van der Waals surface area contributed by atoms with E-state index in [1.807, 2.05) is 6.07 Å². The first-order valence-corrected chi connectivity index (χ1v) is 8.61. The molecule has 0 bridgehead atoms. The molecule has 29 heavy (non-hydrogen) atoms. The number of pyridine rings is 1. The third-order valence-corrected chi connectivity index (χ3v) is 4.13.